The van der Waals surface area contributed by atoms with Crippen LogP contribution in [0.15, 0.2) is 29.2 Å². The highest BCUT2D eigenvalue weighted by Crippen LogP contribution is 2.37. The third kappa shape index (κ3) is 3.80. The minimum atomic E-state index is -3.29. The predicted molar refractivity (Wildman–Crippen MR) is 95.0 cm³/mol. The normalized spacial score (nSPS) is 23.0. The number of rotatable bonds is 5. The van der Waals surface area contributed by atoms with Gasteiger partial charge in [0.15, 0.2) is 9.84 Å². The number of hydrogen-bond donors (Lipinski definition) is 1. The summed E-state index contributed by atoms with van der Waals surface area (Å²) in [7, 11) is -3.29. The Kier molecular flexibility index (Phi) is 5.13. The minimum Gasteiger partial charge on any atom is -0.326 e. The molecule has 0 spiro atoms. The Balaban J connectivity index is 1.56. The van der Waals surface area contributed by atoms with E-state index in [0.29, 0.717) is 5.69 Å². The van der Waals surface area contributed by atoms with Crippen LogP contribution in [0.25, 0.3) is 0 Å². The number of anilines is 1. The summed E-state index contributed by atoms with van der Waals surface area (Å²) in [5.74, 6) is -1.03. The molecule has 0 unspecified atom stereocenters. The summed E-state index contributed by atoms with van der Waals surface area (Å²) in [4.78, 5) is 38.2. The largest absolute Gasteiger partial charge is 0.326 e. The van der Waals surface area contributed by atoms with Crippen LogP contribution in [0.1, 0.15) is 32.1 Å². The average molecular weight is 378 g/mol. The van der Waals surface area contributed by atoms with Crippen molar-refractivity contribution in [3.05, 3.63) is 24.3 Å². The van der Waals surface area contributed by atoms with Gasteiger partial charge in [-0.05, 0) is 37.1 Å². The van der Waals surface area contributed by atoms with Crippen LogP contribution in [0.4, 0.5) is 5.69 Å². The van der Waals surface area contributed by atoms with Crippen LogP contribution >= 0.6 is 0 Å². The summed E-state index contributed by atoms with van der Waals surface area (Å²) in [6.45, 7) is 0.0813. The first-order valence-corrected chi connectivity index (χ1v) is 10.6. The topological polar surface area (TPSA) is 101 Å². The molecule has 1 saturated carbocycles. The zero-order valence-electron chi connectivity index (χ0n) is 14.6. The van der Waals surface area contributed by atoms with Gasteiger partial charge in [-0.15, -0.1) is 0 Å². The molecule has 140 valence electrons. The molecular formula is C18H22N2O5S. The first-order valence-electron chi connectivity index (χ1n) is 8.72. The Morgan fingerprint density at radius 3 is 2.12 bits per heavy atom. The van der Waals surface area contributed by atoms with Crippen molar-refractivity contribution >= 4 is 33.2 Å². The monoisotopic (exact) mass is 378 g/mol. The smallest absolute Gasteiger partial charge is 0.233 e. The lowest BCUT2D eigenvalue weighted by Gasteiger charge is -2.19. The van der Waals surface area contributed by atoms with Crippen molar-refractivity contribution in [2.45, 2.75) is 37.0 Å². The maximum atomic E-state index is 12.4. The Morgan fingerprint density at radius 2 is 1.62 bits per heavy atom. The average Bonchev–Trinajstić information content (AvgIpc) is 2.84. The molecule has 0 bridgehead atoms. The SMILES string of the molecule is CS(=O)(=O)c1ccc(NC(=O)CCN2C(=O)[C@H]3CCCC[C@@H]3C2=O)cc1. The van der Waals surface area contributed by atoms with E-state index in [-0.39, 0.29) is 47.4 Å². The molecule has 2 aliphatic rings. The molecule has 1 aromatic rings. The molecule has 1 heterocycles. The molecule has 2 fully saturated rings. The van der Waals surface area contributed by atoms with Crippen LogP contribution in [0, 0.1) is 11.8 Å². The first-order chi connectivity index (χ1) is 12.3. The molecule has 1 N–H and O–H groups in total. The van der Waals surface area contributed by atoms with Crippen LogP contribution in [0.3, 0.4) is 0 Å². The highest BCUT2D eigenvalue weighted by atomic mass is 32.2. The van der Waals surface area contributed by atoms with E-state index in [1.165, 1.54) is 29.2 Å². The van der Waals surface area contributed by atoms with Crippen LogP contribution < -0.4 is 5.32 Å². The van der Waals surface area contributed by atoms with Gasteiger partial charge in [0.2, 0.25) is 17.7 Å². The van der Waals surface area contributed by atoms with E-state index in [0.717, 1.165) is 31.9 Å². The second-order valence-corrected chi connectivity index (χ2v) is 8.94. The van der Waals surface area contributed by atoms with E-state index < -0.39 is 9.84 Å². The fraction of sp³-hybridized carbons (Fsp3) is 0.500. The van der Waals surface area contributed by atoms with Crippen LogP contribution in [-0.2, 0) is 24.2 Å². The maximum Gasteiger partial charge on any atom is 0.233 e. The molecule has 8 heteroatoms. The minimum absolute atomic E-state index is 0.0186. The highest BCUT2D eigenvalue weighted by molar-refractivity contribution is 7.90. The van der Waals surface area contributed by atoms with E-state index in [1.807, 2.05) is 0 Å². The van der Waals surface area contributed by atoms with Gasteiger partial charge in [-0.25, -0.2) is 8.42 Å². The lowest BCUT2D eigenvalue weighted by atomic mass is 9.81. The molecule has 26 heavy (non-hydrogen) atoms. The fourth-order valence-electron chi connectivity index (χ4n) is 3.67. The number of fused-ring (bicyclic) bond motifs is 1. The first kappa shape index (κ1) is 18.6. The number of nitrogens with one attached hydrogen (secondary N) is 1. The van der Waals surface area contributed by atoms with Crippen LogP contribution in [-0.4, -0.2) is 43.8 Å². The second-order valence-electron chi connectivity index (χ2n) is 6.92. The van der Waals surface area contributed by atoms with Crippen molar-refractivity contribution in [1.29, 1.82) is 0 Å². The summed E-state index contributed by atoms with van der Waals surface area (Å²) in [6, 6.07) is 5.86. The van der Waals surface area contributed by atoms with Gasteiger partial charge in [-0.3, -0.25) is 19.3 Å². The van der Waals surface area contributed by atoms with Gasteiger partial charge in [0, 0.05) is 24.9 Å². The number of hydrogen-bond acceptors (Lipinski definition) is 5. The standard InChI is InChI=1S/C18H22N2O5S/c1-26(24,25)13-8-6-12(7-9-13)19-16(21)10-11-20-17(22)14-4-2-3-5-15(14)18(20)23/h6-9,14-15H,2-5,10-11H2,1H3,(H,19,21)/t14-,15-/m0/s1. The molecule has 7 nitrogen and oxygen atoms in total. The molecular weight excluding hydrogens is 356 g/mol. The van der Waals surface area contributed by atoms with Gasteiger partial charge in [0.05, 0.1) is 16.7 Å². The third-order valence-electron chi connectivity index (χ3n) is 5.06. The Bertz CT molecular complexity index is 808. The number of carbonyl (C=O) groups is 3. The Labute approximate surface area is 152 Å². The van der Waals surface area contributed by atoms with Gasteiger partial charge < -0.3 is 5.32 Å². The van der Waals surface area contributed by atoms with E-state index in [1.54, 1.807) is 0 Å². The summed E-state index contributed by atoms with van der Waals surface area (Å²) in [6.07, 6.45) is 4.58. The van der Waals surface area contributed by atoms with Gasteiger partial charge in [0.25, 0.3) is 0 Å². The zero-order chi connectivity index (χ0) is 18.9. The fourth-order valence-corrected chi connectivity index (χ4v) is 4.30. The van der Waals surface area contributed by atoms with Crippen LogP contribution in [0.2, 0.25) is 0 Å². The number of carbonyl (C=O) groups excluding carboxylic acids is 3. The molecule has 0 radical (unpaired) electrons. The van der Waals surface area contributed by atoms with E-state index in [9.17, 15) is 22.8 Å². The lowest BCUT2D eigenvalue weighted by Crippen LogP contribution is -2.34. The predicted octanol–water partition coefficient (Wildman–Crippen LogP) is 1.59. The number of sulfone groups is 1. The van der Waals surface area contributed by atoms with Crippen molar-refractivity contribution < 1.29 is 22.8 Å². The van der Waals surface area contributed by atoms with Crippen molar-refractivity contribution in [2.24, 2.45) is 11.8 Å². The summed E-state index contributed by atoms with van der Waals surface area (Å²) >= 11 is 0. The molecule has 0 aromatic heterocycles. The molecule has 3 rings (SSSR count). The van der Waals surface area contributed by atoms with Crippen molar-refractivity contribution in [1.82, 2.24) is 4.90 Å². The number of likely N-dealkylation sites (tertiary alicyclic amines) is 1. The number of imide groups is 1. The van der Waals surface area contributed by atoms with E-state index in [4.69, 9.17) is 0 Å². The van der Waals surface area contributed by atoms with Crippen molar-refractivity contribution in [3.63, 3.8) is 0 Å². The molecule has 2 atom stereocenters. The molecule has 1 saturated heterocycles. The van der Waals surface area contributed by atoms with E-state index in [2.05, 4.69) is 5.32 Å². The van der Waals surface area contributed by atoms with Gasteiger partial charge >= 0.3 is 0 Å². The van der Waals surface area contributed by atoms with Crippen LogP contribution in [0.5, 0.6) is 0 Å². The quantitative estimate of drug-likeness (QED) is 0.784. The molecule has 1 aromatic carbocycles. The van der Waals surface area contributed by atoms with Gasteiger partial charge in [-0.1, -0.05) is 12.8 Å². The summed E-state index contributed by atoms with van der Waals surface area (Å²) < 4.78 is 22.9. The molecule has 1 aliphatic heterocycles. The number of nitrogens with zero attached hydrogens (tertiary/aromatic N) is 1. The number of benzene rings is 1. The molecule has 3 amide bonds. The number of amides is 3. The van der Waals surface area contributed by atoms with E-state index >= 15 is 0 Å². The van der Waals surface area contributed by atoms with Gasteiger partial charge in [0.1, 0.15) is 0 Å². The zero-order valence-corrected chi connectivity index (χ0v) is 15.4. The summed E-state index contributed by atoms with van der Waals surface area (Å²) in [5, 5.41) is 2.65. The molecule has 1 aliphatic carbocycles. The lowest BCUT2D eigenvalue weighted by molar-refractivity contribution is -0.140. The highest BCUT2D eigenvalue weighted by Gasteiger charge is 2.47. The van der Waals surface area contributed by atoms with Crippen molar-refractivity contribution in [2.75, 3.05) is 18.1 Å². The maximum absolute atomic E-state index is 12.4. The van der Waals surface area contributed by atoms with Crippen molar-refractivity contribution in [3.8, 4) is 0 Å². The second kappa shape index (κ2) is 7.19. The third-order valence-corrected chi connectivity index (χ3v) is 6.19. The Hall–Kier alpha value is -2.22. The Morgan fingerprint density at radius 1 is 1.08 bits per heavy atom. The van der Waals surface area contributed by atoms with Gasteiger partial charge in [-0.2, -0.15) is 0 Å². The summed E-state index contributed by atoms with van der Waals surface area (Å²) in [5.41, 5.74) is 0.468.